The minimum Gasteiger partial charge on any atom is -0.355 e. The van der Waals surface area contributed by atoms with Gasteiger partial charge in [0, 0.05) is 18.1 Å². The molecule has 3 aromatic rings. The zero-order valence-corrected chi connectivity index (χ0v) is 18.3. The third-order valence-corrected chi connectivity index (χ3v) is 7.35. The number of halogens is 1. The molecule has 0 unspecified atom stereocenters. The van der Waals surface area contributed by atoms with Crippen LogP contribution in [-0.4, -0.2) is 46.0 Å². The molecule has 0 spiro atoms. The first-order chi connectivity index (χ1) is 14.9. The van der Waals surface area contributed by atoms with Crippen LogP contribution in [0.2, 0.25) is 5.02 Å². The van der Waals surface area contributed by atoms with Gasteiger partial charge in [-0.1, -0.05) is 23.7 Å². The van der Waals surface area contributed by atoms with Crippen molar-refractivity contribution in [3.63, 3.8) is 0 Å². The van der Waals surface area contributed by atoms with Crippen molar-refractivity contribution in [3.05, 3.63) is 71.8 Å². The number of carbonyl (C=O) groups excluding carboxylic acids is 1. The minimum absolute atomic E-state index is 0.0701. The second kappa shape index (κ2) is 9.17. The van der Waals surface area contributed by atoms with Crippen molar-refractivity contribution in [2.45, 2.75) is 36.7 Å². The Labute approximate surface area is 185 Å². The molecule has 31 heavy (non-hydrogen) atoms. The maximum absolute atomic E-state index is 13.5. The molecule has 0 saturated carbocycles. The largest absolute Gasteiger partial charge is 0.355 e. The van der Waals surface area contributed by atoms with E-state index < -0.39 is 16.1 Å². The summed E-state index contributed by atoms with van der Waals surface area (Å²) in [4.78, 5) is 16.8. The van der Waals surface area contributed by atoms with E-state index in [0.717, 1.165) is 24.1 Å². The molecule has 1 aliphatic heterocycles. The topological polar surface area (TPSA) is 97.2 Å². The first kappa shape index (κ1) is 21.5. The fourth-order valence-corrected chi connectivity index (χ4v) is 5.31. The number of benzene rings is 2. The summed E-state index contributed by atoms with van der Waals surface area (Å²) >= 11 is 5.94. The predicted octanol–water partition coefficient (Wildman–Crippen LogP) is 2.78. The molecule has 0 bridgehead atoms. The highest BCUT2D eigenvalue weighted by Crippen LogP contribution is 2.26. The quantitative estimate of drug-likeness (QED) is 0.611. The number of rotatable bonds is 6. The molecular formula is C21H22ClN5O3S. The van der Waals surface area contributed by atoms with Gasteiger partial charge < -0.3 is 5.32 Å². The van der Waals surface area contributed by atoms with E-state index in [1.54, 1.807) is 11.0 Å². The van der Waals surface area contributed by atoms with Gasteiger partial charge in [0.05, 0.1) is 10.6 Å². The van der Waals surface area contributed by atoms with Crippen molar-refractivity contribution in [3.8, 4) is 5.69 Å². The Kier molecular flexibility index (Phi) is 6.35. The zero-order chi connectivity index (χ0) is 21.8. The summed E-state index contributed by atoms with van der Waals surface area (Å²) in [5.41, 5.74) is 1.57. The lowest BCUT2D eigenvalue weighted by molar-refractivity contribution is -0.124. The van der Waals surface area contributed by atoms with Crippen LogP contribution < -0.4 is 5.32 Å². The highest BCUT2D eigenvalue weighted by Gasteiger charge is 2.36. The van der Waals surface area contributed by atoms with Gasteiger partial charge in [-0.2, -0.15) is 9.40 Å². The van der Waals surface area contributed by atoms with Gasteiger partial charge in [-0.05, 0) is 61.2 Å². The van der Waals surface area contributed by atoms with Crippen LogP contribution in [0.15, 0.2) is 66.1 Å². The van der Waals surface area contributed by atoms with Gasteiger partial charge in [-0.15, -0.1) is 0 Å². The fourth-order valence-electron chi connectivity index (χ4n) is 3.58. The number of sulfonamides is 1. The summed E-state index contributed by atoms with van der Waals surface area (Å²) in [5, 5.41) is 7.37. The number of aromatic nitrogens is 3. The van der Waals surface area contributed by atoms with Crippen molar-refractivity contribution >= 4 is 27.5 Å². The van der Waals surface area contributed by atoms with Crippen LogP contribution in [0.3, 0.4) is 0 Å². The maximum Gasteiger partial charge on any atom is 0.244 e. The van der Waals surface area contributed by atoms with Crippen molar-refractivity contribution in [2.75, 3.05) is 6.54 Å². The Bertz CT molecular complexity index is 1130. The van der Waals surface area contributed by atoms with E-state index in [4.69, 9.17) is 11.6 Å². The number of carbonyl (C=O) groups is 1. The number of nitrogens with one attached hydrogen (secondary N) is 1. The van der Waals surface area contributed by atoms with Crippen LogP contribution in [0.25, 0.3) is 5.69 Å². The third kappa shape index (κ3) is 4.79. The van der Waals surface area contributed by atoms with E-state index in [0.29, 0.717) is 18.0 Å². The van der Waals surface area contributed by atoms with E-state index in [-0.39, 0.29) is 17.3 Å². The Morgan fingerprint density at radius 1 is 1.10 bits per heavy atom. The Morgan fingerprint density at radius 2 is 1.84 bits per heavy atom. The van der Waals surface area contributed by atoms with Crippen molar-refractivity contribution in [1.29, 1.82) is 0 Å². The minimum atomic E-state index is -3.93. The van der Waals surface area contributed by atoms with Gasteiger partial charge in [0.2, 0.25) is 15.9 Å². The summed E-state index contributed by atoms with van der Waals surface area (Å²) < 4.78 is 30.0. The Balaban J connectivity index is 1.68. The fraction of sp³-hybridized carbons (Fsp3) is 0.286. The molecule has 1 N–H and O–H groups in total. The van der Waals surface area contributed by atoms with Crippen molar-refractivity contribution in [2.24, 2.45) is 0 Å². The number of nitrogens with zero attached hydrogens (tertiary/aromatic N) is 4. The average molecular weight is 460 g/mol. The molecular weight excluding hydrogens is 438 g/mol. The van der Waals surface area contributed by atoms with Crippen LogP contribution in [0.1, 0.15) is 24.8 Å². The average Bonchev–Trinajstić information content (AvgIpc) is 3.22. The monoisotopic (exact) mass is 459 g/mol. The third-order valence-electron chi connectivity index (χ3n) is 5.23. The second-order valence-electron chi connectivity index (χ2n) is 7.31. The zero-order valence-electron chi connectivity index (χ0n) is 16.7. The van der Waals surface area contributed by atoms with Crippen LogP contribution in [0.4, 0.5) is 0 Å². The molecule has 10 heteroatoms. The molecule has 1 saturated heterocycles. The molecule has 1 amide bonds. The molecule has 1 fully saturated rings. The molecule has 2 aromatic carbocycles. The highest BCUT2D eigenvalue weighted by atomic mass is 35.5. The number of amides is 1. The van der Waals surface area contributed by atoms with Crippen LogP contribution >= 0.6 is 11.6 Å². The Morgan fingerprint density at radius 3 is 2.52 bits per heavy atom. The van der Waals surface area contributed by atoms with Crippen molar-refractivity contribution in [1.82, 2.24) is 24.4 Å². The molecule has 4 rings (SSSR count). The maximum atomic E-state index is 13.5. The van der Waals surface area contributed by atoms with Crippen LogP contribution in [0, 0.1) is 0 Å². The lowest BCUT2D eigenvalue weighted by Crippen LogP contribution is -2.48. The molecule has 162 valence electrons. The van der Waals surface area contributed by atoms with Crippen LogP contribution in [0.5, 0.6) is 0 Å². The first-order valence-corrected chi connectivity index (χ1v) is 11.8. The highest BCUT2D eigenvalue weighted by molar-refractivity contribution is 7.89. The summed E-state index contributed by atoms with van der Waals surface area (Å²) in [7, 11) is -3.93. The molecule has 1 atom stereocenters. The molecule has 1 aromatic heterocycles. The SMILES string of the molecule is O=C1NCCCC[C@H]1N(Cc1ccc(-n2cncn2)cc1)S(=O)(=O)c1ccc(Cl)cc1. The van der Waals surface area contributed by atoms with E-state index in [1.807, 2.05) is 24.3 Å². The molecule has 0 radical (unpaired) electrons. The smallest absolute Gasteiger partial charge is 0.244 e. The van der Waals surface area contributed by atoms with E-state index in [1.165, 1.54) is 34.9 Å². The molecule has 0 aliphatic carbocycles. The van der Waals surface area contributed by atoms with Gasteiger partial charge in [-0.25, -0.2) is 18.1 Å². The normalized spacial score (nSPS) is 17.4. The van der Waals surface area contributed by atoms with E-state index in [9.17, 15) is 13.2 Å². The van der Waals surface area contributed by atoms with Gasteiger partial charge in [0.25, 0.3) is 0 Å². The van der Waals surface area contributed by atoms with Crippen LogP contribution in [-0.2, 0) is 21.4 Å². The molecule has 1 aliphatic rings. The summed E-state index contributed by atoms with van der Waals surface area (Å²) in [6.45, 7) is 0.622. The van der Waals surface area contributed by atoms with E-state index >= 15 is 0 Å². The number of hydrogen-bond acceptors (Lipinski definition) is 5. The lowest BCUT2D eigenvalue weighted by Gasteiger charge is -2.29. The summed E-state index contributed by atoms with van der Waals surface area (Å²) in [6, 6.07) is 12.6. The first-order valence-electron chi connectivity index (χ1n) is 9.94. The predicted molar refractivity (Wildman–Crippen MR) is 116 cm³/mol. The van der Waals surface area contributed by atoms with Gasteiger partial charge in [0.15, 0.2) is 0 Å². The standard InChI is InChI=1S/C21H22ClN5O3S/c22-17-6-10-19(11-7-17)31(29,30)27(20-3-1-2-12-24-21(20)28)13-16-4-8-18(9-5-16)26-15-23-14-25-26/h4-11,14-15,20H,1-3,12-13H2,(H,24,28)/t20-/m1/s1. The van der Waals surface area contributed by atoms with Gasteiger partial charge in [0.1, 0.15) is 18.7 Å². The second-order valence-corrected chi connectivity index (χ2v) is 9.64. The van der Waals surface area contributed by atoms with E-state index in [2.05, 4.69) is 15.4 Å². The summed E-state index contributed by atoms with van der Waals surface area (Å²) in [5.74, 6) is -0.269. The lowest BCUT2D eigenvalue weighted by atomic mass is 10.1. The van der Waals surface area contributed by atoms with Gasteiger partial charge in [-0.3, -0.25) is 4.79 Å². The molecule has 8 nitrogen and oxygen atoms in total. The Hall–Kier alpha value is -2.75. The number of hydrogen-bond donors (Lipinski definition) is 1. The summed E-state index contributed by atoms with van der Waals surface area (Å²) in [6.07, 6.45) is 5.09. The molecule has 2 heterocycles. The van der Waals surface area contributed by atoms with Gasteiger partial charge >= 0.3 is 0 Å². The van der Waals surface area contributed by atoms with Crippen molar-refractivity contribution < 1.29 is 13.2 Å².